The van der Waals surface area contributed by atoms with E-state index < -0.39 is 0 Å². The molecule has 0 radical (unpaired) electrons. The van der Waals surface area contributed by atoms with Gasteiger partial charge >= 0.3 is 0 Å². The first kappa shape index (κ1) is 10.9. The van der Waals surface area contributed by atoms with Gasteiger partial charge in [0.2, 0.25) is 0 Å². The summed E-state index contributed by atoms with van der Waals surface area (Å²) in [5.41, 5.74) is 1.01. The van der Waals surface area contributed by atoms with Gasteiger partial charge < -0.3 is 5.32 Å². The summed E-state index contributed by atoms with van der Waals surface area (Å²) in [7, 11) is 0. The monoisotopic (exact) mass is 258 g/mol. The zero-order chi connectivity index (χ0) is 10.7. The lowest BCUT2D eigenvalue weighted by atomic mass is 10.4. The summed E-state index contributed by atoms with van der Waals surface area (Å²) in [5.74, 6) is 0. The third-order valence-electron chi connectivity index (χ3n) is 1.86. The minimum absolute atomic E-state index is 0.807. The van der Waals surface area contributed by atoms with Gasteiger partial charge in [0.1, 0.15) is 0 Å². The molecule has 0 saturated heterocycles. The highest BCUT2D eigenvalue weighted by Crippen LogP contribution is 2.32. The first-order chi connectivity index (χ1) is 7.29. The van der Waals surface area contributed by atoms with Gasteiger partial charge in [-0.1, -0.05) is 18.5 Å². The van der Waals surface area contributed by atoms with Crippen molar-refractivity contribution in [3.63, 3.8) is 0 Å². The predicted molar refractivity (Wildman–Crippen MR) is 69.2 cm³/mol. The fourth-order valence-corrected chi connectivity index (χ4v) is 2.97. The van der Waals surface area contributed by atoms with E-state index in [0.717, 1.165) is 33.0 Å². The Kier molecular flexibility index (Phi) is 3.61. The molecule has 0 aliphatic carbocycles. The van der Waals surface area contributed by atoms with Gasteiger partial charge in [-0.15, -0.1) is 22.7 Å². The van der Waals surface area contributed by atoms with E-state index in [9.17, 15) is 0 Å². The van der Waals surface area contributed by atoms with Crippen LogP contribution in [0.3, 0.4) is 0 Å². The molecule has 0 aromatic carbocycles. The molecule has 0 aliphatic rings. The number of nitrogens with zero attached hydrogens (tertiary/aromatic N) is 1. The topological polar surface area (TPSA) is 24.9 Å². The lowest BCUT2D eigenvalue weighted by molar-refractivity contribution is 0.976. The van der Waals surface area contributed by atoms with Crippen LogP contribution in [0.4, 0.5) is 5.13 Å². The highest BCUT2D eigenvalue weighted by molar-refractivity contribution is 7.20. The van der Waals surface area contributed by atoms with Crippen molar-refractivity contribution in [1.82, 2.24) is 4.98 Å². The Labute approximate surface area is 102 Å². The van der Waals surface area contributed by atoms with Crippen LogP contribution in [0, 0.1) is 0 Å². The summed E-state index contributed by atoms with van der Waals surface area (Å²) in [6.45, 7) is 3.11. The molecule has 0 aliphatic heterocycles. The van der Waals surface area contributed by atoms with Gasteiger partial charge in [-0.2, -0.15) is 0 Å². The van der Waals surface area contributed by atoms with Gasteiger partial charge in [-0.05, 0) is 18.6 Å². The number of nitrogens with one attached hydrogen (secondary N) is 1. The molecular formula is C10H11ClN2S2. The van der Waals surface area contributed by atoms with E-state index in [1.54, 1.807) is 22.7 Å². The molecule has 5 heteroatoms. The van der Waals surface area contributed by atoms with E-state index in [1.807, 2.05) is 12.1 Å². The lowest BCUT2D eigenvalue weighted by Gasteiger charge is -1.96. The molecule has 0 unspecified atom stereocenters. The average molecular weight is 259 g/mol. The molecular weight excluding hydrogens is 248 g/mol. The Balaban J connectivity index is 2.13. The van der Waals surface area contributed by atoms with Crippen LogP contribution in [0.2, 0.25) is 4.34 Å². The first-order valence-electron chi connectivity index (χ1n) is 4.74. The SMILES string of the molecule is CCCNc1nc(-c2ccc(Cl)s2)cs1. The molecule has 0 bridgehead atoms. The van der Waals surface area contributed by atoms with Crippen LogP contribution >= 0.6 is 34.3 Å². The smallest absolute Gasteiger partial charge is 0.183 e. The summed E-state index contributed by atoms with van der Waals surface area (Å²) in [6.07, 6.45) is 1.11. The fraction of sp³-hybridized carbons (Fsp3) is 0.300. The van der Waals surface area contributed by atoms with Gasteiger partial charge in [0.05, 0.1) is 14.9 Å². The van der Waals surface area contributed by atoms with Crippen LogP contribution in [0.5, 0.6) is 0 Å². The Morgan fingerprint density at radius 1 is 1.47 bits per heavy atom. The normalized spacial score (nSPS) is 10.5. The molecule has 2 rings (SSSR count). The maximum absolute atomic E-state index is 5.88. The standard InChI is InChI=1S/C10H11ClN2S2/c1-2-5-12-10-13-7(6-14-10)8-3-4-9(11)15-8/h3-4,6H,2,5H2,1H3,(H,12,13). The van der Waals surface area contributed by atoms with Crippen molar-refractivity contribution in [1.29, 1.82) is 0 Å². The molecule has 15 heavy (non-hydrogen) atoms. The molecule has 0 saturated carbocycles. The molecule has 80 valence electrons. The zero-order valence-electron chi connectivity index (χ0n) is 8.29. The Morgan fingerprint density at radius 3 is 3.00 bits per heavy atom. The minimum atomic E-state index is 0.807. The largest absolute Gasteiger partial charge is 0.362 e. The highest BCUT2D eigenvalue weighted by atomic mass is 35.5. The number of anilines is 1. The van der Waals surface area contributed by atoms with Crippen LogP contribution < -0.4 is 5.32 Å². The van der Waals surface area contributed by atoms with Crippen molar-refractivity contribution in [3.8, 4) is 10.6 Å². The third kappa shape index (κ3) is 2.71. The second-order valence-electron chi connectivity index (χ2n) is 3.07. The molecule has 0 amide bonds. The van der Waals surface area contributed by atoms with Crippen molar-refractivity contribution in [2.75, 3.05) is 11.9 Å². The molecule has 0 atom stereocenters. The first-order valence-corrected chi connectivity index (χ1v) is 6.82. The highest BCUT2D eigenvalue weighted by Gasteiger charge is 2.06. The number of halogens is 1. The third-order valence-corrected chi connectivity index (χ3v) is 3.91. The number of thiazole rings is 1. The summed E-state index contributed by atoms with van der Waals surface area (Å²) in [4.78, 5) is 5.62. The molecule has 1 N–H and O–H groups in total. The fourth-order valence-electron chi connectivity index (χ4n) is 1.15. The van der Waals surface area contributed by atoms with E-state index >= 15 is 0 Å². The Morgan fingerprint density at radius 2 is 2.33 bits per heavy atom. The quantitative estimate of drug-likeness (QED) is 0.882. The maximum atomic E-state index is 5.88. The average Bonchev–Trinajstić information content (AvgIpc) is 2.83. The van der Waals surface area contributed by atoms with Crippen LogP contribution in [-0.4, -0.2) is 11.5 Å². The molecule has 0 fully saturated rings. The number of aromatic nitrogens is 1. The van der Waals surface area contributed by atoms with Crippen molar-refractivity contribution < 1.29 is 0 Å². The number of rotatable bonds is 4. The number of thiophene rings is 1. The van der Waals surface area contributed by atoms with Crippen LogP contribution in [0.15, 0.2) is 17.5 Å². The van der Waals surface area contributed by atoms with Crippen LogP contribution in [0.25, 0.3) is 10.6 Å². The van der Waals surface area contributed by atoms with E-state index in [0.29, 0.717) is 0 Å². The van der Waals surface area contributed by atoms with E-state index in [2.05, 4.69) is 22.6 Å². The predicted octanol–water partition coefficient (Wildman–Crippen LogP) is 4.35. The Bertz CT molecular complexity index is 436. The molecule has 2 nitrogen and oxygen atoms in total. The van der Waals surface area contributed by atoms with Crippen molar-refractivity contribution in [2.45, 2.75) is 13.3 Å². The van der Waals surface area contributed by atoms with E-state index in [-0.39, 0.29) is 0 Å². The Hall–Kier alpha value is -0.580. The van der Waals surface area contributed by atoms with Crippen molar-refractivity contribution >= 4 is 39.4 Å². The van der Waals surface area contributed by atoms with Crippen LogP contribution in [-0.2, 0) is 0 Å². The van der Waals surface area contributed by atoms with E-state index in [1.165, 1.54) is 0 Å². The van der Waals surface area contributed by atoms with Gasteiger partial charge in [-0.3, -0.25) is 0 Å². The van der Waals surface area contributed by atoms with Crippen LogP contribution in [0.1, 0.15) is 13.3 Å². The van der Waals surface area contributed by atoms with Gasteiger partial charge in [0.25, 0.3) is 0 Å². The summed E-state index contributed by atoms with van der Waals surface area (Å²) >= 11 is 9.07. The van der Waals surface area contributed by atoms with Crippen molar-refractivity contribution in [3.05, 3.63) is 21.8 Å². The lowest BCUT2D eigenvalue weighted by Crippen LogP contribution is -1.98. The summed E-state index contributed by atoms with van der Waals surface area (Å²) in [6, 6.07) is 3.91. The number of hydrogen-bond acceptors (Lipinski definition) is 4. The van der Waals surface area contributed by atoms with Gasteiger partial charge in [0.15, 0.2) is 5.13 Å². The molecule has 2 aromatic rings. The van der Waals surface area contributed by atoms with Gasteiger partial charge in [-0.25, -0.2) is 4.98 Å². The number of hydrogen-bond donors (Lipinski definition) is 1. The minimum Gasteiger partial charge on any atom is -0.362 e. The summed E-state index contributed by atoms with van der Waals surface area (Å²) < 4.78 is 0.807. The maximum Gasteiger partial charge on any atom is 0.183 e. The zero-order valence-corrected chi connectivity index (χ0v) is 10.7. The molecule has 2 heterocycles. The second-order valence-corrected chi connectivity index (χ2v) is 5.64. The second kappa shape index (κ2) is 4.96. The van der Waals surface area contributed by atoms with E-state index in [4.69, 9.17) is 11.6 Å². The summed E-state index contributed by atoms with van der Waals surface area (Å²) in [5, 5.41) is 6.31. The molecule has 0 spiro atoms. The van der Waals surface area contributed by atoms with Crippen molar-refractivity contribution in [2.24, 2.45) is 0 Å². The molecule has 2 aromatic heterocycles. The van der Waals surface area contributed by atoms with Gasteiger partial charge in [0, 0.05) is 11.9 Å².